The van der Waals surface area contributed by atoms with Crippen LogP contribution < -0.4 is 11.1 Å². The highest BCUT2D eigenvalue weighted by Crippen LogP contribution is 2.10. The highest BCUT2D eigenvalue weighted by Gasteiger charge is 2.15. The third-order valence-electron chi connectivity index (χ3n) is 4.23. The van der Waals surface area contributed by atoms with E-state index in [-0.39, 0.29) is 36.8 Å². The van der Waals surface area contributed by atoms with Crippen LogP contribution in [0, 0.1) is 11.6 Å². The van der Waals surface area contributed by atoms with Gasteiger partial charge in [0.05, 0.1) is 5.56 Å². The Morgan fingerprint density at radius 3 is 2.41 bits per heavy atom. The van der Waals surface area contributed by atoms with Crippen molar-refractivity contribution in [2.24, 2.45) is 5.73 Å². The Morgan fingerprint density at radius 2 is 1.76 bits per heavy atom. The molecule has 5 nitrogen and oxygen atoms in total. The summed E-state index contributed by atoms with van der Waals surface area (Å²) in [6.45, 7) is 1.79. The summed E-state index contributed by atoms with van der Waals surface area (Å²) in [4.78, 5) is 26.2. The smallest absolute Gasteiger partial charge is 0.254 e. The molecule has 8 heteroatoms. The van der Waals surface area contributed by atoms with Crippen molar-refractivity contribution in [1.82, 2.24) is 10.2 Å². The minimum atomic E-state index is -0.913. The minimum absolute atomic E-state index is 0. The standard InChI is InChI=1S/C21H25F2N3O2.ClH/c22-17-9-10-18(19(23)14-17)21(28)25-12-4-8-20(27)26(13-5-11-24)15-16-6-2-1-3-7-16;/h1-3,6-7,9-10,14H,4-5,8,11-13,15,24H2,(H,25,28);1H. The van der Waals surface area contributed by atoms with Gasteiger partial charge in [0, 0.05) is 32.1 Å². The molecule has 0 radical (unpaired) electrons. The first-order valence-corrected chi connectivity index (χ1v) is 9.26. The van der Waals surface area contributed by atoms with Crippen LogP contribution in [0.5, 0.6) is 0 Å². The number of hydrogen-bond acceptors (Lipinski definition) is 3. The molecule has 0 heterocycles. The predicted molar refractivity (Wildman–Crippen MR) is 111 cm³/mol. The van der Waals surface area contributed by atoms with E-state index in [4.69, 9.17) is 5.73 Å². The molecule has 0 saturated heterocycles. The Kier molecular flexibility index (Phi) is 10.9. The number of nitrogens with one attached hydrogen (secondary N) is 1. The van der Waals surface area contributed by atoms with Crippen molar-refractivity contribution in [2.45, 2.75) is 25.8 Å². The maximum Gasteiger partial charge on any atom is 0.254 e. The molecule has 0 spiro atoms. The highest BCUT2D eigenvalue weighted by atomic mass is 35.5. The molecule has 0 aliphatic rings. The summed E-state index contributed by atoms with van der Waals surface area (Å²) in [5.74, 6) is -2.31. The van der Waals surface area contributed by atoms with Crippen molar-refractivity contribution >= 4 is 24.2 Å². The summed E-state index contributed by atoms with van der Waals surface area (Å²) in [7, 11) is 0. The molecule has 0 atom stereocenters. The van der Waals surface area contributed by atoms with E-state index in [1.807, 2.05) is 30.3 Å². The average Bonchev–Trinajstić information content (AvgIpc) is 2.68. The Labute approximate surface area is 175 Å². The zero-order valence-electron chi connectivity index (χ0n) is 16.1. The number of carbonyl (C=O) groups is 2. The van der Waals surface area contributed by atoms with Crippen LogP contribution in [0.1, 0.15) is 35.2 Å². The van der Waals surface area contributed by atoms with Crippen molar-refractivity contribution in [3.63, 3.8) is 0 Å². The van der Waals surface area contributed by atoms with Gasteiger partial charge in [-0.15, -0.1) is 12.4 Å². The fraction of sp³-hybridized carbons (Fsp3) is 0.333. The summed E-state index contributed by atoms with van der Waals surface area (Å²) in [6.07, 6.45) is 1.38. The summed E-state index contributed by atoms with van der Waals surface area (Å²) in [5.41, 5.74) is 6.38. The van der Waals surface area contributed by atoms with Crippen LogP contribution >= 0.6 is 12.4 Å². The van der Waals surface area contributed by atoms with E-state index in [0.717, 1.165) is 17.7 Å². The fourth-order valence-electron chi connectivity index (χ4n) is 2.75. The Balaban J connectivity index is 0.00000420. The van der Waals surface area contributed by atoms with Crippen LogP contribution in [0.25, 0.3) is 0 Å². The van der Waals surface area contributed by atoms with Gasteiger partial charge in [-0.1, -0.05) is 30.3 Å². The molecular weight excluding hydrogens is 400 g/mol. The molecule has 2 aromatic rings. The van der Waals surface area contributed by atoms with Gasteiger partial charge in [0.25, 0.3) is 5.91 Å². The number of benzene rings is 2. The monoisotopic (exact) mass is 425 g/mol. The molecule has 2 amide bonds. The number of nitrogens with two attached hydrogens (primary N) is 1. The topological polar surface area (TPSA) is 75.4 Å². The SMILES string of the molecule is Cl.NCCCN(Cc1ccccc1)C(=O)CCCNC(=O)c1ccc(F)cc1F. The number of halogens is 3. The summed E-state index contributed by atoms with van der Waals surface area (Å²) < 4.78 is 26.5. The number of hydrogen-bond donors (Lipinski definition) is 2. The Morgan fingerprint density at radius 1 is 1.03 bits per heavy atom. The quantitative estimate of drug-likeness (QED) is 0.573. The molecule has 0 bridgehead atoms. The van der Waals surface area contributed by atoms with Gasteiger partial charge in [-0.25, -0.2) is 8.78 Å². The van der Waals surface area contributed by atoms with E-state index >= 15 is 0 Å². The minimum Gasteiger partial charge on any atom is -0.352 e. The van der Waals surface area contributed by atoms with Gasteiger partial charge < -0.3 is 16.0 Å². The summed E-state index contributed by atoms with van der Waals surface area (Å²) >= 11 is 0. The van der Waals surface area contributed by atoms with E-state index in [9.17, 15) is 18.4 Å². The maximum atomic E-state index is 13.6. The number of rotatable bonds is 10. The molecule has 0 aromatic heterocycles. The first kappa shape index (κ1) is 24.5. The number of carbonyl (C=O) groups excluding carboxylic acids is 2. The molecule has 3 N–H and O–H groups in total. The summed E-state index contributed by atoms with van der Waals surface area (Å²) in [5, 5.41) is 2.55. The molecule has 29 heavy (non-hydrogen) atoms. The highest BCUT2D eigenvalue weighted by molar-refractivity contribution is 5.94. The second kappa shape index (κ2) is 12.9. The molecule has 0 fully saturated rings. The molecule has 0 aliphatic heterocycles. The van der Waals surface area contributed by atoms with E-state index in [1.165, 1.54) is 0 Å². The van der Waals surface area contributed by atoms with Gasteiger partial charge in [0.15, 0.2) is 0 Å². The van der Waals surface area contributed by atoms with Gasteiger partial charge in [0.1, 0.15) is 11.6 Å². The van der Waals surface area contributed by atoms with Crippen LogP contribution in [-0.2, 0) is 11.3 Å². The van der Waals surface area contributed by atoms with E-state index < -0.39 is 17.5 Å². The molecule has 158 valence electrons. The number of nitrogens with zero attached hydrogens (tertiary/aromatic N) is 1. The normalized spacial score (nSPS) is 10.2. The molecule has 0 aliphatic carbocycles. The van der Waals surface area contributed by atoms with Crippen molar-refractivity contribution in [3.8, 4) is 0 Å². The lowest BCUT2D eigenvalue weighted by Gasteiger charge is -2.23. The zero-order valence-corrected chi connectivity index (χ0v) is 16.9. The van der Waals surface area contributed by atoms with Crippen molar-refractivity contribution in [2.75, 3.05) is 19.6 Å². The molecule has 2 rings (SSSR count). The fourth-order valence-corrected chi connectivity index (χ4v) is 2.75. The lowest BCUT2D eigenvalue weighted by Crippen LogP contribution is -2.33. The van der Waals surface area contributed by atoms with E-state index in [0.29, 0.717) is 38.5 Å². The first-order chi connectivity index (χ1) is 13.5. The summed E-state index contributed by atoms with van der Waals surface area (Å²) in [6, 6.07) is 12.5. The van der Waals surface area contributed by atoms with Crippen LogP contribution in [-0.4, -0.2) is 36.3 Å². The third-order valence-corrected chi connectivity index (χ3v) is 4.23. The first-order valence-electron chi connectivity index (χ1n) is 9.26. The van der Waals surface area contributed by atoms with Crippen LogP contribution in [0.4, 0.5) is 8.78 Å². The van der Waals surface area contributed by atoms with Gasteiger partial charge in [-0.05, 0) is 37.1 Å². The predicted octanol–water partition coefficient (Wildman–Crippen LogP) is 3.27. The molecular formula is C21H26ClF2N3O2. The van der Waals surface area contributed by atoms with Crippen molar-refractivity contribution in [3.05, 3.63) is 71.3 Å². The van der Waals surface area contributed by atoms with Crippen LogP contribution in [0.15, 0.2) is 48.5 Å². The van der Waals surface area contributed by atoms with Crippen molar-refractivity contribution in [1.29, 1.82) is 0 Å². The van der Waals surface area contributed by atoms with E-state index in [2.05, 4.69) is 5.32 Å². The third kappa shape index (κ3) is 8.17. The Bertz CT molecular complexity index is 791. The van der Waals surface area contributed by atoms with Gasteiger partial charge >= 0.3 is 0 Å². The maximum absolute atomic E-state index is 13.6. The van der Waals surface area contributed by atoms with Crippen LogP contribution in [0.3, 0.4) is 0 Å². The molecule has 0 saturated carbocycles. The largest absolute Gasteiger partial charge is 0.352 e. The lowest BCUT2D eigenvalue weighted by atomic mass is 10.1. The van der Waals surface area contributed by atoms with E-state index in [1.54, 1.807) is 4.90 Å². The van der Waals surface area contributed by atoms with Gasteiger partial charge in [-0.2, -0.15) is 0 Å². The van der Waals surface area contributed by atoms with Crippen molar-refractivity contribution < 1.29 is 18.4 Å². The zero-order chi connectivity index (χ0) is 20.4. The van der Waals surface area contributed by atoms with Gasteiger partial charge in [0.2, 0.25) is 5.91 Å². The second-order valence-electron chi connectivity index (χ2n) is 6.43. The van der Waals surface area contributed by atoms with Crippen LogP contribution in [0.2, 0.25) is 0 Å². The lowest BCUT2D eigenvalue weighted by molar-refractivity contribution is -0.132. The Hall–Kier alpha value is -2.51. The number of amides is 2. The molecule has 2 aromatic carbocycles. The average molecular weight is 426 g/mol. The van der Waals surface area contributed by atoms with Gasteiger partial charge in [-0.3, -0.25) is 9.59 Å². The second-order valence-corrected chi connectivity index (χ2v) is 6.43. The molecule has 0 unspecified atom stereocenters.